The highest BCUT2D eigenvalue weighted by atomic mass is 35.5. The predicted molar refractivity (Wildman–Crippen MR) is 116 cm³/mol. The van der Waals surface area contributed by atoms with Gasteiger partial charge in [0.2, 0.25) is 0 Å². The Labute approximate surface area is 173 Å². The van der Waals surface area contributed by atoms with Crippen molar-refractivity contribution in [1.29, 1.82) is 0 Å². The first-order valence-corrected chi connectivity index (χ1v) is 10.9. The van der Waals surface area contributed by atoms with E-state index in [-0.39, 0.29) is 12.4 Å². The number of nitrogens with one attached hydrogen (secondary N) is 1. The van der Waals surface area contributed by atoms with Crippen LogP contribution in [0.4, 0.5) is 0 Å². The molecule has 1 spiro atoms. The lowest BCUT2D eigenvalue weighted by atomic mass is 9.93. The molecule has 0 amide bonds. The summed E-state index contributed by atoms with van der Waals surface area (Å²) in [5.41, 5.74) is 2.01. The average Bonchev–Trinajstić information content (AvgIpc) is 3.20. The summed E-state index contributed by atoms with van der Waals surface area (Å²) in [7, 11) is 2.11. The number of rotatable bonds is 8. The van der Waals surface area contributed by atoms with E-state index in [4.69, 9.17) is 0 Å². The smallest absolute Gasteiger partial charge is 0.122 e. The summed E-state index contributed by atoms with van der Waals surface area (Å²) in [4.78, 5) is 7.29. The summed E-state index contributed by atoms with van der Waals surface area (Å²) in [5.74, 6) is 3.48. The molecule has 4 rings (SSSR count). The number of piperidine rings is 1. The van der Waals surface area contributed by atoms with Gasteiger partial charge in [0.25, 0.3) is 0 Å². The number of imidazole rings is 1. The summed E-state index contributed by atoms with van der Waals surface area (Å²) in [5, 5.41) is 3.53. The third kappa shape index (κ3) is 5.08. The molecule has 2 fully saturated rings. The highest BCUT2D eigenvalue weighted by Crippen LogP contribution is 2.55. The van der Waals surface area contributed by atoms with Crippen LogP contribution in [-0.4, -0.2) is 45.9 Å². The van der Waals surface area contributed by atoms with Crippen LogP contribution in [0, 0.1) is 5.41 Å². The number of halogens is 1. The molecular weight excluding hydrogens is 376 g/mol. The fourth-order valence-electron chi connectivity index (χ4n) is 4.33. The zero-order chi connectivity index (χ0) is 17.8. The van der Waals surface area contributed by atoms with Gasteiger partial charge in [0.1, 0.15) is 5.82 Å². The second kappa shape index (κ2) is 9.46. The third-order valence-electron chi connectivity index (χ3n) is 6.09. The standard InChI is InChI=1S/C21H30N4S.ClH/c1-24-12-11-23-20(24)16-25(19-15-21(19)7-9-22-10-8-21)13-14-26-17-18-5-3-2-4-6-18;/h2-6,11-12,19,22H,7-10,13-17H2,1H3;1H. The lowest BCUT2D eigenvalue weighted by Crippen LogP contribution is -2.37. The van der Waals surface area contributed by atoms with E-state index < -0.39 is 0 Å². The molecule has 1 aliphatic heterocycles. The van der Waals surface area contributed by atoms with Crippen molar-refractivity contribution >= 4 is 24.2 Å². The molecule has 1 atom stereocenters. The van der Waals surface area contributed by atoms with Crippen molar-refractivity contribution in [1.82, 2.24) is 19.8 Å². The van der Waals surface area contributed by atoms with Crippen LogP contribution in [0.1, 0.15) is 30.7 Å². The van der Waals surface area contributed by atoms with Crippen molar-refractivity contribution < 1.29 is 0 Å². The average molecular weight is 407 g/mol. The number of aryl methyl sites for hydroxylation is 1. The molecule has 27 heavy (non-hydrogen) atoms. The van der Waals surface area contributed by atoms with E-state index in [0.29, 0.717) is 5.41 Å². The van der Waals surface area contributed by atoms with E-state index in [0.717, 1.165) is 24.9 Å². The Kier molecular flexibility index (Phi) is 7.26. The van der Waals surface area contributed by atoms with Crippen LogP contribution >= 0.6 is 24.2 Å². The van der Waals surface area contributed by atoms with Crippen molar-refractivity contribution in [3.8, 4) is 0 Å². The van der Waals surface area contributed by atoms with E-state index >= 15 is 0 Å². The summed E-state index contributed by atoms with van der Waals surface area (Å²) in [6.07, 6.45) is 8.04. The van der Waals surface area contributed by atoms with Crippen LogP contribution in [0.25, 0.3) is 0 Å². The maximum absolute atomic E-state index is 4.58. The Hall–Kier alpha value is -1.01. The highest BCUT2D eigenvalue weighted by Gasteiger charge is 2.56. The fraction of sp³-hybridized carbons (Fsp3) is 0.571. The van der Waals surface area contributed by atoms with E-state index in [1.807, 2.05) is 6.20 Å². The van der Waals surface area contributed by atoms with Gasteiger partial charge in [-0.1, -0.05) is 30.3 Å². The Morgan fingerprint density at radius 3 is 2.74 bits per heavy atom. The fourth-order valence-corrected chi connectivity index (χ4v) is 5.26. The van der Waals surface area contributed by atoms with Crippen molar-refractivity contribution in [3.05, 3.63) is 54.1 Å². The number of aromatic nitrogens is 2. The molecule has 2 aromatic rings. The maximum atomic E-state index is 4.58. The number of hydrogen-bond acceptors (Lipinski definition) is 4. The van der Waals surface area contributed by atoms with Crippen LogP contribution in [0.15, 0.2) is 42.7 Å². The maximum Gasteiger partial charge on any atom is 0.122 e. The number of hydrogen-bond donors (Lipinski definition) is 1. The zero-order valence-corrected chi connectivity index (χ0v) is 17.8. The van der Waals surface area contributed by atoms with Gasteiger partial charge in [-0.3, -0.25) is 4.90 Å². The number of thioether (sulfide) groups is 1. The van der Waals surface area contributed by atoms with E-state index in [9.17, 15) is 0 Å². The number of nitrogens with zero attached hydrogens (tertiary/aromatic N) is 3. The second-order valence-corrected chi connectivity index (χ2v) is 8.90. The second-order valence-electron chi connectivity index (χ2n) is 7.80. The molecule has 1 N–H and O–H groups in total. The molecular formula is C21H31ClN4S. The normalized spacial score (nSPS) is 20.6. The van der Waals surface area contributed by atoms with Crippen molar-refractivity contribution in [2.75, 3.05) is 25.4 Å². The van der Waals surface area contributed by atoms with Crippen molar-refractivity contribution in [2.45, 2.75) is 37.6 Å². The molecule has 148 valence electrons. The number of benzene rings is 1. The summed E-state index contributed by atoms with van der Waals surface area (Å²) < 4.78 is 2.17. The Morgan fingerprint density at radius 2 is 2.04 bits per heavy atom. The molecule has 2 aliphatic rings. The van der Waals surface area contributed by atoms with E-state index in [1.165, 1.54) is 49.5 Å². The molecule has 1 aromatic carbocycles. The van der Waals surface area contributed by atoms with Gasteiger partial charge in [-0.15, -0.1) is 12.4 Å². The minimum absolute atomic E-state index is 0. The minimum atomic E-state index is 0. The van der Waals surface area contributed by atoms with E-state index in [1.54, 1.807) is 0 Å². The molecule has 0 radical (unpaired) electrons. The molecule has 1 aromatic heterocycles. The van der Waals surface area contributed by atoms with Gasteiger partial charge in [0.15, 0.2) is 0 Å². The SMILES string of the molecule is Cl.Cn1ccnc1CN(CCSCc1ccccc1)C1CC12CCNCC2. The summed E-state index contributed by atoms with van der Waals surface area (Å²) in [6.45, 7) is 4.52. The largest absolute Gasteiger partial charge is 0.337 e. The van der Waals surface area contributed by atoms with E-state index in [2.05, 4.69) is 75.1 Å². The minimum Gasteiger partial charge on any atom is -0.337 e. The monoisotopic (exact) mass is 406 g/mol. The molecule has 4 nitrogen and oxygen atoms in total. The topological polar surface area (TPSA) is 33.1 Å². The molecule has 0 bridgehead atoms. The zero-order valence-electron chi connectivity index (χ0n) is 16.1. The van der Waals surface area contributed by atoms with Crippen LogP contribution in [0.5, 0.6) is 0 Å². The third-order valence-corrected chi connectivity index (χ3v) is 7.10. The van der Waals surface area contributed by atoms with Gasteiger partial charge < -0.3 is 9.88 Å². The van der Waals surface area contributed by atoms with Gasteiger partial charge >= 0.3 is 0 Å². The lowest BCUT2D eigenvalue weighted by Gasteiger charge is -2.29. The molecule has 1 unspecified atom stereocenters. The van der Waals surface area contributed by atoms with Crippen molar-refractivity contribution in [2.24, 2.45) is 12.5 Å². The first-order valence-electron chi connectivity index (χ1n) is 9.79. The summed E-state index contributed by atoms with van der Waals surface area (Å²) >= 11 is 2.05. The Morgan fingerprint density at radius 1 is 1.26 bits per heavy atom. The van der Waals surface area contributed by atoms with Gasteiger partial charge in [-0.05, 0) is 43.3 Å². The highest BCUT2D eigenvalue weighted by molar-refractivity contribution is 7.98. The molecule has 6 heteroatoms. The van der Waals surface area contributed by atoms with Crippen LogP contribution in [0.3, 0.4) is 0 Å². The van der Waals surface area contributed by atoms with Gasteiger partial charge in [0, 0.05) is 43.5 Å². The van der Waals surface area contributed by atoms with Crippen LogP contribution in [-0.2, 0) is 19.3 Å². The predicted octanol–water partition coefficient (Wildman–Crippen LogP) is 3.72. The first kappa shape index (κ1) is 20.7. The van der Waals surface area contributed by atoms with Crippen molar-refractivity contribution in [3.63, 3.8) is 0 Å². The molecule has 1 saturated carbocycles. The quantitative estimate of drug-likeness (QED) is 0.677. The summed E-state index contributed by atoms with van der Waals surface area (Å²) in [6, 6.07) is 11.6. The van der Waals surface area contributed by atoms with Crippen LogP contribution < -0.4 is 5.32 Å². The molecule has 2 heterocycles. The first-order chi connectivity index (χ1) is 12.8. The van der Waals surface area contributed by atoms with Crippen LogP contribution in [0.2, 0.25) is 0 Å². The van der Waals surface area contributed by atoms with Gasteiger partial charge in [-0.2, -0.15) is 11.8 Å². The van der Waals surface area contributed by atoms with Gasteiger partial charge in [-0.25, -0.2) is 4.98 Å². The molecule has 1 saturated heterocycles. The Bertz CT molecular complexity index is 699. The Balaban J connectivity index is 0.00000210. The van der Waals surface area contributed by atoms with Gasteiger partial charge in [0.05, 0.1) is 6.54 Å². The molecule has 1 aliphatic carbocycles. The lowest BCUT2D eigenvalue weighted by molar-refractivity contribution is 0.200.